The Kier molecular flexibility index (Phi) is 8.85. The van der Waals surface area contributed by atoms with Gasteiger partial charge < -0.3 is 15.0 Å². The van der Waals surface area contributed by atoms with Crippen LogP contribution in [0.1, 0.15) is 43.0 Å². The first kappa shape index (κ1) is 28.1. The molecule has 3 heterocycles. The van der Waals surface area contributed by atoms with Crippen LogP contribution < -0.4 is 5.32 Å². The first-order valence-electron chi connectivity index (χ1n) is 12.6. The van der Waals surface area contributed by atoms with Crippen LogP contribution in [0, 0.1) is 11.6 Å². The van der Waals surface area contributed by atoms with Gasteiger partial charge in [-0.25, -0.2) is 32.8 Å². The van der Waals surface area contributed by atoms with Crippen molar-refractivity contribution in [3.05, 3.63) is 76.8 Å². The topological polar surface area (TPSA) is 95.1 Å². The number of amides is 3. The number of aromatic nitrogens is 1. The fourth-order valence-electron chi connectivity index (χ4n) is 5.11. The van der Waals surface area contributed by atoms with Crippen LogP contribution in [0.5, 0.6) is 0 Å². The van der Waals surface area contributed by atoms with Crippen molar-refractivity contribution in [2.45, 2.75) is 37.9 Å². The Balaban J connectivity index is 1.51. The third-order valence-electron chi connectivity index (χ3n) is 7.02. The van der Waals surface area contributed by atoms with Crippen molar-refractivity contribution < 1.29 is 32.3 Å². The summed E-state index contributed by atoms with van der Waals surface area (Å²) in [6.45, 7) is 2.22. The van der Waals surface area contributed by atoms with Gasteiger partial charge in [0.25, 0.3) is 0 Å². The van der Waals surface area contributed by atoms with E-state index in [0.717, 1.165) is 47.8 Å². The van der Waals surface area contributed by atoms with E-state index in [1.807, 2.05) is 23.1 Å². The predicted molar refractivity (Wildman–Crippen MR) is 135 cm³/mol. The number of hydrogen-bond donors (Lipinski definition) is 1. The minimum atomic E-state index is -1.55. The van der Waals surface area contributed by atoms with Crippen LogP contribution in [0.15, 0.2) is 53.9 Å². The lowest BCUT2D eigenvalue weighted by Crippen LogP contribution is -2.57. The minimum absolute atomic E-state index is 0.00218. The van der Waals surface area contributed by atoms with Crippen LogP contribution in [0.3, 0.4) is 0 Å². The molecule has 1 saturated heterocycles. The monoisotopic (exact) mass is 545 g/mol. The fourth-order valence-corrected chi connectivity index (χ4v) is 5.11. The molecule has 2 unspecified atom stereocenters. The molecule has 2 aliphatic heterocycles. The van der Waals surface area contributed by atoms with Crippen molar-refractivity contribution >= 4 is 18.4 Å². The Morgan fingerprint density at radius 3 is 2.59 bits per heavy atom. The molecule has 1 aromatic heterocycles. The molecule has 1 aromatic carbocycles. The zero-order valence-electron chi connectivity index (χ0n) is 21.6. The second kappa shape index (κ2) is 12.3. The summed E-state index contributed by atoms with van der Waals surface area (Å²) >= 11 is 0. The van der Waals surface area contributed by atoms with Gasteiger partial charge in [-0.15, -0.1) is 0 Å². The summed E-state index contributed by atoms with van der Waals surface area (Å²) in [7, 11) is 1.12. The minimum Gasteiger partial charge on any atom is -0.466 e. The highest BCUT2D eigenvalue weighted by atomic mass is 19.2. The maximum Gasteiger partial charge on any atom is 0.341 e. The van der Waals surface area contributed by atoms with E-state index in [1.54, 1.807) is 6.20 Å². The highest BCUT2D eigenvalue weighted by Crippen LogP contribution is 2.36. The lowest BCUT2D eigenvalue weighted by atomic mass is 9.93. The van der Waals surface area contributed by atoms with Gasteiger partial charge in [0.1, 0.15) is 12.2 Å². The molecule has 4 rings (SSSR count). The molecule has 0 radical (unpaired) electrons. The molecule has 39 heavy (non-hydrogen) atoms. The van der Waals surface area contributed by atoms with Gasteiger partial charge in [0.05, 0.1) is 19.2 Å². The molecule has 208 valence electrons. The maximum atomic E-state index is 15.3. The Bertz CT molecular complexity index is 1240. The second-order valence-corrected chi connectivity index (χ2v) is 9.54. The number of benzene rings is 1. The van der Waals surface area contributed by atoms with Gasteiger partial charge in [0.15, 0.2) is 11.6 Å². The lowest BCUT2D eigenvalue weighted by Gasteiger charge is -2.42. The van der Waals surface area contributed by atoms with E-state index in [2.05, 4.69) is 10.3 Å². The Morgan fingerprint density at radius 2 is 1.97 bits per heavy atom. The fraction of sp³-hybridized carbons (Fsp3) is 0.407. The molecular weight excluding hydrogens is 515 g/mol. The molecule has 0 saturated carbocycles. The smallest absolute Gasteiger partial charge is 0.341 e. The Labute approximate surface area is 224 Å². The molecule has 9 nitrogen and oxygen atoms in total. The van der Waals surface area contributed by atoms with Crippen molar-refractivity contribution in [3.8, 4) is 0 Å². The number of rotatable bonds is 9. The van der Waals surface area contributed by atoms with Gasteiger partial charge in [-0.05, 0) is 62.7 Å². The van der Waals surface area contributed by atoms with Crippen LogP contribution in [0.2, 0.25) is 0 Å². The number of carbonyl (C=O) groups is 3. The molecule has 2 aliphatic rings. The number of piperidine rings is 1. The average molecular weight is 546 g/mol. The van der Waals surface area contributed by atoms with Crippen molar-refractivity contribution in [3.63, 3.8) is 0 Å². The summed E-state index contributed by atoms with van der Waals surface area (Å²) in [6, 6.07) is 6.42. The number of ether oxygens (including phenoxy) is 1. The maximum absolute atomic E-state index is 15.3. The van der Waals surface area contributed by atoms with Crippen LogP contribution in [-0.2, 0) is 14.3 Å². The number of hydrazine groups is 1. The summed E-state index contributed by atoms with van der Waals surface area (Å²) in [5.74, 6) is -2.91. The number of hydrogen-bond acceptors (Lipinski definition) is 6. The van der Waals surface area contributed by atoms with Gasteiger partial charge in [0, 0.05) is 30.1 Å². The van der Waals surface area contributed by atoms with E-state index >= 15 is 4.39 Å². The van der Waals surface area contributed by atoms with E-state index in [-0.39, 0.29) is 35.7 Å². The highest BCUT2D eigenvalue weighted by molar-refractivity contribution is 5.95. The SMILES string of the molecule is COC(=O)C1=C(C)NC(=O)N(N(C=O)CC(F)CN2CCC(c3ccccn3)CC2)C1c1ccc(F)c(F)c1. The molecule has 0 spiro atoms. The van der Waals surface area contributed by atoms with E-state index in [0.29, 0.717) is 13.1 Å². The first-order chi connectivity index (χ1) is 18.7. The first-order valence-corrected chi connectivity index (χ1v) is 12.6. The van der Waals surface area contributed by atoms with Crippen LogP contribution in [0.25, 0.3) is 0 Å². The summed E-state index contributed by atoms with van der Waals surface area (Å²) in [5.41, 5.74) is 1.01. The Morgan fingerprint density at radius 1 is 1.23 bits per heavy atom. The number of carbonyl (C=O) groups excluding carboxylic acids is 3. The van der Waals surface area contributed by atoms with Crippen LogP contribution in [-0.4, -0.2) is 77.8 Å². The van der Waals surface area contributed by atoms with E-state index < -0.39 is 42.4 Å². The number of nitrogens with zero attached hydrogens (tertiary/aromatic N) is 4. The van der Waals surface area contributed by atoms with E-state index in [1.165, 1.54) is 13.0 Å². The van der Waals surface area contributed by atoms with Crippen molar-refractivity contribution in [1.82, 2.24) is 25.2 Å². The molecule has 1 N–H and O–H groups in total. The molecule has 3 amide bonds. The number of likely N-dealkylation sites (tertiary alicyclic amines) is 1. The van der Waals surface area contributed by atoms with Gasteiger partial charge in [-0.2, -0.15) is 0 Å². The summed E-state index contributed by atoms with van der Waals surface area (Å²) in [4.78, 5) is 44.2. The molecule has 2 aromatic rings. The van der Waals surface area contributed by atoms with Crippen molar-refractivity contribution in [2.24, 2.45) is 0 Å². The number of pyridine rings is 1. The number of urea groups is 1. The Hall–Kier alpha value is -3.93. The largest absolute Gasteiger partial charge is 0.466 e. The van der Waals surface area contributed by atoms with Gasteiger partial charge in [0.2, 0.25) is 6.41 Å². The summed E-state index contributed by atoms with van der Waals surface area (Å²) in [6.07, 6.45) is 2.08. The molecule has 2 atom stereocenters. The average Bonchev–Trinajstić information content (AvgIpc) is 2.93. The number of methoxy groups -OCH3 is 1. The summed E-state index contributed by atoms with van der Waals surface area (Å²) < 4.78 is 48.1. The number of esters is 1. The van der Waals surface area contributed by atoms with E-state index in [4.69, 9.17) is 4.74 Å². The van der Waals surface area contributed by atoms with Crippen LogP contribution >= 0.6 is 0 Å². The van der Waals surface area contributed by atoms with Gasteiger partial charge >= 0.3 is 12.0 Å². The quantitative estimate of drug-likeness (QED) is 0.383. The molecule has 0 bridgehead atoms. The standard InChI is InChI=1S/C27H30F3N5O4/c1-17-24(26(37)39-2)25(19-6-7-21(29)22(30)13-19)35(27(38)32-17)34(16-36)15-20(28)14-33-11-8-18(9-12-33)23-5-3-4-10-31-23/h3-7,10,13,16,18,20,25H,8-9,11-12,14-15H2,1-2H3,(H,32,38). The predicted octanol–water partition coefficient (Wildman–Crippen LogP) is 3.46. The molecule has 1 fully saturated rings. The number of alkyl halides is 1. The normalized spacial score (nSPS) is 19.5. The van der Waals surface area contributed by atoms with E-state index in [9.17, 15) is 23.2 Å². The highest BCUT2D eigenvalue weighted by Gasteiger charge is 2.42. The number of allylic oxidation sites excluding steroid dienone is 1. The molecule has 0 aliphatic carbocycles. The lowest BCUT2D eigenvalue weighted by molar-refractivity contribution is -0.142. The number of halogens is 3. The molecule has 12 heteroatoms. The van der Waals surface area contributed by atoms with Crippen molar-refractivity contribution in [1.29, 1.82) is 0 Å². The third kappa shape index (κ3) is 6.22. The zero-order valence-corrected chi connectivity index (χ0v) is 21.6. The zero-order chi connectivity index (χ0) is 28.1. The van der Waals surface area contributed by atoms with Gasteiger partial charge in [-0.1, -0.05) is 12.1 Å². The second-order valence-electron chi connectivity index (χ2n) is 9.54. The number of nitrogens with one attached hydrogen (secondary N) is 1. The van der Waals surface area contributed by atoms with Crippen molar-refractivity contribution in [2.75, 3.05) is 33.3 Å². The summed E-state index contributed by atoms with van der Waals surface area (Å²) in [5, 5.41) is 4.11. The van der Waals surface area contributed by atoms with Crippen LogP contribution in [0.4, 0.5) is 18.0 Å². The van der Waals surface area contributed by atoms with Gasteiger partial charge in [-0.3, -0.25) is 9.78 Å². The molecular formula is C27H30F3N5O4. The third-order valence-corrected chi connectivity index (χ3v) is 7.02.